The minimum absolute atomic E-state index is 0.210. The van der Waals surface area contributed by atoms with Gasteiger partial charge >= 0.3 is 0 Å². The van der Waals surface area contributed by atoms with E-state index in [0.29, 0.717) is 19.8 Å². The van der Waals surface area contributed by atoms with Crippen LogP contribution in [0.1, 0.15) is 11.6 Å². The average Bonchev–Trinajstić information content (AvgIpc) is 2.47. The largest absolute Gasteiger partial charge is 0.382 e. The molecular formula is C16H21NO2. The highest BCUT2D eigenvalue weighted by Crippen LogP contribution is 2.20. The van der Waals surface area contributed by atoms with Crippen LogP contribution in [-0.4, -0.2) is 34.0 Å². The zero-order valence-corrected chi connectivity index (χ0v) is 11.6. The van der Waals surface area contributed by atoms with Gasteiger partial charge in [-0.25, -0.2) is 0 Å². The van der Waals surface area contributed by atoms with Crippen molar-refractivity contribution in [2.24, 2.45) is 0 Å². The van der Waals surface area contributed by atoms with Gasteiger partial charge in [-0.3, -0.25) is 0 Å². The minimum Gasteiger partial charge on any atom is -0.382 e. The molecule has 0 fully saturated rings. The molecule has 0 saturated heterocycles. The molecule has 0 spiro atoms. The summed E-state index contributed by atoms with van der Waals surface area (Å²) in [5.41, 5.74) is 1.25. The number of benzene rings is 2. The van der Waals surface area contributed by atoms with Crippen LogP contribution in [0.3, 0.4) is 0 Å². The third-order valence-corrected chi connectivity index (χ3v) is 3.24. The Kier molecular flexibility index (Phi) is 5.33. The van der Waals surface area contributed by atoms with E-state index < -0.39 is 0 Å². The lowest BCUT2D eigenvalue weighted by atomic mass is 10.0. The normalized spacial score (nSPS) is 12.7. The molecule has 2 aromatic rings. The Morgan fingerprint density at radius 1 is 1.05 bits per heavy atom. The highest BCUT2D eigenvalue weighted by Gasteiger charge is 2.09. The number of methoxy groups -OCH3 is 1. The number of likely N-dealkylation sites (N-methyl/N-ethyl adjacent to an activating group) is 1. The quantitative estimate of drug-likeness (QED) is 0.776. The van der Waals surface area contributed by atoms with Gasteiger partial charge in [0.15, 0.2) is 0 Å². The maximum atomic E-state index is 5.61. The first-order valence-corrected chi connectivity index (χ1v) is 6.58. The molecule has 0 heterocycles. The molecule has 2 aromatic carbocycles. The molecule has 0 aromatic heterocycles. The van der Waals surface area contributed by atoms with Gasteiger partial charge in [0, 0.05) is 7.11 Å². The van der Waals surface area contributed by atoms with Crippen molar-refractivity contribution >= 4 is 10.8 Å². The fourth-order valence-corrected chi connectivity index (χ4v) is 2.11. The molecule has 3 heteroatoms. The molecule has 0 aliphatic carbocycles. The van der Waals surface area contributed by atoms with E-state index in [4.69, 9.17) is 9.47 Å². The van der Waals surface area contributed by atoms with Gasteiger partial charge < -0.3 is 14.8 Å². The van der Waals surface area contributed by atoms with E-state index in [0.717, 1.165) is 0 Å². The lowest BCUT2D eigenvalue weighted by molar-refractivity contribution is 0.0596. The van der Waals surface area contributed by atoms with Crippen molar-refractivity contribution in [3.63, 3.8) is 0 Å². The summed E-state index contributed by atoms with van der Waals surface area (Å²) in [5, 5.41) is 5.82. The number of hydrogen-bond donors (Lipinski definition) is 1. The summed E-state index contributed by atoms with van der Waals surface area (Å²) < 4.78 is 10.6. The van der Waals surface area contributed by atoms with E-state index in [1.165, 1.54) is 16.3 Å². The SMILES string of the molecule is CNC(COCCOC)c1ccc2ccccc2c1. The first-order valence-electron chi connectivity index (χ1n) is 6.58. The van der Waals surface area contributed by atoms with Gasteiger partial charge in [0.1, 0.15) is 0 Å². The van der Waals surface area contributed by atoms with Crippen LogP contribution in [0.2, 0.25) is 0 Å². The molecule has 0 bridgehead atoms. The minimum atomic E-state index is 0.210. The zero-order chi connectivity index (χ0) is 13.5. The van der Waals surface area contributed by atoms with Crippen molar-refractivity contribution in [1.82, 2.24) is 5.32 Å². The average molecular weight is 259 g/mol. The van der Waals surface area contributed by atoms with Gasteiger partial charge in [-0.05, 0) is 29.4 Å². The molecule has 0 radical (unpaired) electrons. The number of hydrogen-bond acceptors (Lipinski definition) is 3. The van der Waals surface area contributed by atoms with Crippen molar-refractivity contribution in [3.05, 3.63) is 48.0 Å². The molecular weight excluding hydrogens is 238 g/mol. The fraction of sp³-hybridized carbons (Fsp3) is 0.375. The first-order chi connectivity index (χ1) is 9.35. The second-order valence-electron chi connectivity index (χ2n) is 4.52. The smallest absolute Gasteiger partial charge is 0.0701 e. The molecule has 3 nitrogen and oxygen atoms in total. The Balaban J connectivity index is 2.07. The fourth-order valence-electron chi connectivity index (χ4n) is 2.11. The molecule has 0 amide bonds. The van der Waals surface area contributed by atoms with E-state index in [9.17, 15) is 0 Å². The molecule has 2 rings (SSSR count). The van der Waals surface area contributed by atoms with E-state index in [-0.39, 0.29) is 6.04 Å². The van der Waals surface area contributed by atoms with Crippen molar-refractivity contribution < 1.29 is 9.47 Å². The van der Waals surface area contributed by atoms with Crippen LogP contribution in [0.4, 0.5) is 0 Å². The van der Waals surface area contributed by atoms with Crippen molar-refractivity contribution in [3.8, 4) is 0 Å². The maximum Gasteiger partial charge on any atom is 0.0701 e. The number of ether oxygens (including phenoxy) is 2. The Morgan fingerprint density at radius 2 is 1.84 bits per heavy atom. The van der Waals surface area contributed by atoms with Gasteiger partial charge in [-0.15, -0.1) is 0 Å². The van der Waals surface area contributed by atoms with Gasteiger partial charge in [0.2, 0.25) is 0 Å². The van der Waals surface area contributed by atoms with Gasteiger partial charge in [-0.1, -0.05) is 36.4 Å². The number of fused-ring (bicyclic) bond motifs is 1. The molecule has 0 aliphatic rings. The predicted octanol–water partition coefficient (Wildman–Crippen LogP) is 2.76. The summed E-state index contributed by atoms with van der Waals surface area (Å²) in [6.07, 6.45) is 0. The molecule has 102 valence electrons. The number of rotatable bonds is 7. The van der Waals surface area contributed by atoms with Crippen LogP contribution in [0.5, 0.6) is 0 Å². The van der Waals surface area contributed by atoms with Crippen molar-refractivity contribution in [2.45, 2.75) is 6.04 Å². The lowest BCUT2D eigenvalue weighted by Gasteiger charge is -2.17. The summed E-state index contributed by atoms with van der Waals surface area (Å²) in [4.78, 5) is 0. The zero-order valence-electron chi connectivity index (χ0n) is 11.6. The van der Waals surface area contributed by atoms with Gasteiger partial charge in [-0.2, -0.15) is 0 Å². The topological polar surface area (TPSA) is 30.5 Å². The van der Waals surface area contributed by atoms with Crippen LogP contribution in [-0.2, 0) is 9.47 Å². The van der Waals surface area contributed by atoms with Crippen LogP contribution >= 0.6 is 0 Å². The van der Waals surface area contributed by atoms with Crippen LogP contribution in [0.25, 0.3) is 10.8 Å². The first kappa shape index (κ1) is 14.0. The van der Waals surface area contributed by atoms with E-state index in [2.05, 4.69) is 47.8 Å². The van der Waals surface area contributed by atoms with Crippen molar-refractivity contribution in [2.75, 3.05) is 34.0 Å². The second-order valence-corrected chi connectivity index (χ2v) is 4.52. The second kappa shape index (κ2) is 7.24. The Morgan fingerprint density at radius 3 is 2.58 bits per heavy atom. The Labute approximate surface area is 114 Å². The third-order valence-electron chi connectivity index (χ3n) is 3.24. The van der Waals surface area contributed by atoms with E-state index in [1.807, 2.05) is 7.05 Å². The number of nitrogens with one attached hydrogen (secondary N) is 1. The van der Waals surface area contributed by atoms with E-state index in [1.54, 1.807) is 7.11 Å². The standard InChI is InChI=1S/C16H21NO2/c1-17-16(12-19-10-9-18-2)15-8-7-13-5-3-4-6-14(13)11-15/h3-8,11,16-17H,9-10,12H2,1-2H3. The summed E-state index contributed by atoms with van der Waals surface area (Å²) >= 11 is 0. The van der Waals surface area contributed by atoms with Crippen LogP contribution in [0, 0.1) is 0 Å². The summed E-state index contributed by atoms with van der Waals surface area (Å²) in [6, 6.07) is 15.1. The van der Waals surface area contributed by atoms with Gasteiger partial charge in [0.05, 0.1) is 25.9 Å². The summed E-state index contributed by atoms with van der Waals surface area (Å²) in [6.45, 7) is 1.91. The van der Waals surface area contributed by atoms with Crippen LogP contribution in [0.15, 0.2) is 42.5 Å². The van der Waals surface area contributed by atoms with Crippen molar-refractivity contribution in [1.29, 1.82) is 0 Å². The predicted molar refractivity (Wildman–Crippen MR) is 78.4 cm³/mol. The maximum absolute atomic E-state index is 5.61. The summed E-state index contributed by atoms with van der Waals surface area (Å²) in [5.74, 6) is 0. The van der Waals surface area contributed by atoms with Crippen LogP contribution < -0.4 is 5.32 Å². The monoisotopic (exact) mass is 259 g/mol. The van der Waals surface area contributed by atoms with Gasteiger partial charge in [0.25, 0.3) is 0 Å². The molecule has 1 atom stereocenters. The van der Waals surface area contributed by atoms with E-state index >= 15 is 0 Å². The lowest BCUT2D eigenvalue weighted by Crippen LogP contribution is -2.22. The summed E-state index contributed by atoms with van der Waals surface area (Å²) in [7, 11) is 3.64. The molecule has 0 saturated carbocycles. The molecule has 0 aliphatic heterocycles. The third kappa shape index (κ3) is 3.77. The molecule has 19 heavy (non-hydrogen) atoms. The molecule has 1 unspecified atom stereocenters. The molecule has 1 N–H and O–H groups in total. The highest BCUT2D eigenvalue weighted by atomic mass is 16.5. The Hall–Kier alpha value is -1.42. The highest BCUT2D eigenvalue weighted by molar-refractivity contribution is 5.83. The Bertz CT molecular complexity index is 513.